The minimum Gasteiger partial charge on any atom is -0.465 e. The van der Waals surface area contributed by atoms with Crippen LogP contribution in [0.25, 0.3) is 0 Å². The van der Waals surface area contributed by atoms with E-state index in [0.717, 1.165) is 37.8 Å². The van der Waals surface area contributed by atoms with Crippen molar-refractivity contribution >= 4 is 12.4 Å². The van der Waals surface area contributed by atoms with Gasteiger partial charge < -0.3 is 20.5 Å². The van der Waals surface area contributed by atoms with Crippen LogP contribution < -0.4 is 10.6 Å². The van der Waals surface area contributed by atoms with Crippen LogP contribution in [-0.4, -0.2) is 30.6 Å². The van der Waals surface area contributed by atoms with Gasteiger partial charge in [0, 0.05) is 12.5 Å². The first-order valence-electron chi connectivity index (χ1n) is 6.39. The molecule has 19 heavy (non-hydrogen) atoms. The maximum absolute atomic E-state index is 10.1. The molecule has 0 atom stereocenters. The minimum atomic E-state index is -0.992. The van der Waals surface area contributed by atoms with E-state index in [-0.39, 0.29) is 0 Å². The summed E-state index contributed by atoms with van der Waals surface area (Å²) in [6.45, 7) is 2.41. The molecule has 1 heterocycles. The quantitative estimate of drug-likeness (QED) is 0.725. The van der Waals surface area contributed by atoms with Crippen molar-refractivity contribution in [2.45, 2.75) is 19.4 Å². The van der Waals surface area contributed by atoms with Crippen LogP contribution in [0.15, 0.2) is 30.3 Å². The third-order valence-electron chi connectivity index (χ3n) is 2.86. The molecule has 1 aliphatic heterocycles. The molecule has 1 aromatic carbocycles. The average Bonchev–Trinajstić information content (AvgIpc) is 2.48. The lowest BCUT2D eigenvalue weighted by Gasteiger charge is -2.16. The van der Waals surface area contributed by atoms with E-state index in [1.807, 2.05) is 30.3 Å². The van der Waals surface area contributed by atoms with Gasteiger partial charge in [-0.2, -0.15) is 0 Å². The van der Waals surface area contributed by atoms with E-state index in [2.05, 4.69) is 10.6 Å². The van der Waals surface area contributed by atoms with Gasteiger partial charge in [0.15, 0.2) is 0 Å². The Morgan fingerprint density at radius 3 is 2.42 bits per heavy atom. The fraction of sp³-hybridized carbons (Fsp3) is 0.429. The number of piperidine rings is 1. The second kappa shape index (κ2) is 9.10. The summed E-state index contributed by atoms with van der Waals surface area (Å²) in [6, 6.07) is 9.38. The van der Waals surface area contributed by atoms with E-state index in [4.69, 9.17) is 5.11 Å². The summed E-state index contributed by atoms with van der Waals surface area (Å²) in [5.74, 6) is 0.344. The topological polar surface area (TPSA) is 78.4 Å². The number of benzene rings is 1. The van der Waals surface area contributed by atoms with Crippen LogP contribution >= 0.6 is 0 Å². The molecule has 0 spiro atoms. The van der Waals surface area contributed by atoms with Crippen LogP contribution in [0.2, 0.25) is 0 Å². The lowest BCUT2D eigenvalue weighted by atomic mass is 10.0. The maximum atomic E-state index is 10.1. The number of carboxylic acid groups (broad SMARTS) is 1. The summed E-state index contributed by atoms with van der Waals surface area (Å²) in [5, 5.41) is 13.7. The maximum Gasteiger partial charge on any atom is 0.404 e. The monoisotopic (exact) mass is 264 g/mol. The number of carbonyl (C=O) groups excluding carboxylic acids is 1. The Labute approximate surface area is 113 Å². The molecule has 104 valence electrons. The van der Waals surface area contributed by atoms with E-state index in [1.165, 1.54) is 0 Å². The second-order valence-corrected chi connectivity index (χ2v) is 4.37. The third-order valence-corrected chi connectivity index (χ3v) is 2.86. The normalized spacial score (nSPS) is 14.9. The molecule has 1 amide bonds. The highest BCUT2D eigenvalue weighted by molar-refractivity contribution is 5.64. The standard InChI is InChI=1S/C8H9NO2.C6H11NO/c10-8(11)9-6-7-4-2-1-3-5-7;8-5-6-1-3-7-4-2-6/h1-5,9H,6H2,(H,10,11);5-7H,1-4H2. The van der Waals surface area contributed by atoms with Gasteiger partial charge in [0.25, 0.3) is 0 Å². The number of hydrogen-bond acceptors (Lipinski definition) is 3. The van der Waals surface area contributed by atoms with Crippen molar-refractivity contribution in [1.82, 2.24) is 10.6 Å². The van der Waals surface area contributed by atoms with Gasteiger partial charge in [-0.15, -0.1) is 0 Å². The third kappa shape index (κ3) is 7.21. The molecule has 0 unspecified atom stereocenters. The molecule has 0 saturated carbocycles. The molecule has 0 aliphatic carbocycles. The number of amides is 1. The minimum absolute atomic E-state index is 0.344. The highest BCUT2D eigenvalue weighted by atomic mass is 16.4. The van der Waals surface area contributed by atoms with Crippen LogP contribution in [0.1, 0.15) is 18.4 Å². The Kier molecular flexibility index (Phi) is 7.27. The Balaban J connectivity index is 0.000000200. The Hall–Kier alpha value is -1.88. The highest BCUT2D eigenvalue weighted by Crippen LogP contribution is 2.06. The van der Waals surface area contributed by atoms with Crippen LogP contribution in [0.5, 0.6) is 0 Å². The largest absolute Gasteiger partial charge is 0.465 e. The van der Waals surface area contributed by atoms with E-state index in [1.54, 1.807) is 0 Å². The Morgan fingerprint density at radius 2 is 1.95 bits per heavy atom. The predicted molar refractivity (Wildman–Crippen MR) is 73.0 cm³/mol. The fourth-order valence-electron chi connectivity index (χ4n) is 1.75. The summed E-state index contributed by atoms with van der Waals surface area (Å²) in [5.41, 5.74) is 0.968. The van der Waals surface area contributed by atoms with Gasteiger partial charge in [0.1, 0.15) is 6.29 Å². The van der Waals surface area contributed by atoms with E-state index < -0.39 is 6.09 Å². The van der Waals surface area contributed by atoms with Crippen LogP contribution in [-0.2, 0) is 11.3 Å². The SMILES string of the molecule is O=C(O)NCc1ccccc1.O=CC1CCNCC1. The van der Waals surface area contributed by atoms with Crippen molar-refractivity contribution in [2.75, 3.05) is 13.1 Å². The molecule has 1 fully saturated rings. The molecular weight excluding hydrogens is 244 g/mol. The molecule has 0 radical (unpaired) electrons. The highest BCUT2D eigenvalue weighted by Gasteiger charge is 2.09. The average molecular weight is 264 g/mol. The van der Waals surface area contributed by atoms with Gasteiger partial charge in [-0.25, -0.2) is 4.79 Å². The van der Waals surface area contributed by atoms with Gasteiger partial charge in [-0.1, -0.05) is 30.3 Å². The van der Waals surface area contributed by atoms with Gasteiger partial charge >= 0.3 is 6.09 Å². The predicted octanol–water partition coefficient (Wildman–Crippen LogP) is 1.64. The summed E-state index contributed by atoms with van der Waals surface area (Å²) in [6.07, 6.45) is 2.14. The van der Waals surface area contributed by atoms with Gasteiger partial charge in [-0.05, 0) is 31.5 Å². The molecule has 1 aliphatic rings. The van der Waals surface area contributed by atoms with Crippen LogP contribution in [0.4, 0.5) is 4.79 Å². The number of nitrogens with one attached hydrogen (secondary N) is 2. The molecular formula is C14H20N2O3. The lowest BCUT2D eigenvalue weighted by molar-refractivity contribution is -0.111. The molecule has 1 saturated heterocycles. The molecule has 3 N–H and O–H groups in total. The first kappa shape index (κ1) is 15.2. The van der Waals surface area contributed by atoms with Crippen molar-refractivity contribution in [3.05, 3.63) is 35.9 Å². The number of aldehydes is 1. The van der Waals surface area contributed by atoms with Crippen molar-refractivity contribution in [1.29, 1.82) is 0 Å². The van der Waals surface area contributed by atoms with E-state index >= 15 is 0 Å². The zero-order valence-electron chi connectivity index (χ0n) is 10.8. The van der Waals surface area contributed by atoms with Crippen molar-refractivity contribution in [2.24, 2.45) is 5.92 Å². The zero-order valence-corrected chi connectivity index (χ0v) is 10.8. The summed E-state index contributed by atoms with van der Waals surface area (Å²) in [4.78, 5) is 20.2. The number of carbonyl (C=O) groups is 2. The Bertz CT molecular complexity index is 376. The summed E-state index contributed by atoms with van der Waals surface area (Å²) < 4.78 is 0. The number of rotatable bonds is 3. The molecule has 0 aromatic heterocycles. The summed E-state index contributed by atoms with van der Waals surface area (Å²) in [7, 11) is 0. The lowest BCUT2D eigenvalue weighted by Crippen LogP contribution is -2.28. The fourth-order valence-corrected chi connectivity index (χ4v) is 1.75. The molecule has 2 rings (SSSR count). The van der Waals surface area contributed by atoms with Crippen molar-refractivity contribution in [3.8, 4) is 0 Å². The smallest absolute Gasteiger partial charge is 0.404 e. The van der Waals surface area contributed by atoms with Crippen LogP contribution in [0.3, 0.4) is 0 Å². The van der Waals surface area contributed by atoms with Crippen molar-refractivity contribution in [3.63, 3.8) is 0 Å². The van der Waals surface area contributed by atoms with Crippen molar-refractivity contribution < 1.29 is 14.7 Å². The second-order valence-electron chi connectivity index (χ2n) is 4.37. The first-order chi connectivity index (χ1) is 9.22. The molecule has 1 aromatic rings. The zero-order chi connectivity index (χ0) is 13.9. The van der Waals surface area contributed by atoms with E-state index in [9.17, 15) is 9.59 Å². The molecule has 5 heteroatoms. The van der Waals surface area contributed by atoms with E-state index in [0.29, 0.717) is 12.5 Å². The van der Waals surface area contributed by atoms with Crippen LogP contribution in [0, 0.1) is 5.92 Å². The Morgan fingerprint density at radius 1 is 1.32 bits per heavy atom. The van der Waals surface area contributed by atoms with Gasteiger partial charge in [0.05, 0.1) is 0 Å². The number of hydrogen-bond donors (Lipinski definition) is 3. The van der Waals surface area contributed by atoms with Gasteiger partial charge in [-0.3, -0.25) is 0 Å². The van der Waals surface area contributed by atoms with Gasteiger partial charge in [0.2, 0.25) is 0 Å². The molecule has 0 bridgehead atoms. The first-order valence-corrected chi connectivity index (χ1v) is 6.39. The summed E-state index contributed by atoms with van der Waals surface area (Å²) >= 11 is 0. The molecule has 5 nitrogen and oxygen atoms in total.